The first-order valence-electron chi connectivity index (χ1n) is 5.50. The molecule has 1 heterocycles. The van der Waals surface area contributed by atoms with Crippen LogP contribution in [-0.2, 0) is 0 Å². The monoisotopic (exact) mass is 247 g/mol. The average molecular weight is 248 g/mol. The van der Waals surface area contributed by atoms with Crippen molar-refractivity contribution in [1.82, 2.24) is 9.97 Å². The van der Waals surface area contributed by atoms with Gasteiger partial charge in [0.25, 0.3) is 0 Å². The molecule has 88 valence electrons. The van der Waals surface area contributed by atoms with E-state index in [1.54, 1.807) is 12.3 Å². The molecule has 0 atom stereocenters. The van der Waals surface area contributed by atoms with Crippen molar-refractivity contribution in [3.05, 3.63) is 47.4 Å². The summed E-state index contributed by atoms with van der Waals surface area (Å²) in [5, 5.41) is 3.45. The molecule has 1 N–H and O–H groups in total. The Morgan fingerprint density at radius 2 is 2.06 bits per heavy atom. The van der Waals surface area contributed by atoms with E-state index in [-0.39, 0.29) is 5.28 Å². The molecule has 3 nitrogen and oxygen atoms in total. The number of nitrogens with zero attached hydrogens (tertiary/aromatic N) is 2. The Labute approximate surface area is 106 Å². The lowest BCUT2D eigenvalue weighted by Gasteiger charge is -2.09. The summed E-state index contributed by atoms with van der Waals surface area (Å²) in [6.45, 7) is 4.33. The Hall–Kier alpha value is -1.61. The number of aromatic nitrogens is 2. The molecule has 0 fully saturated rings. The van der Waals surface area contributed by atoms with Crippen LogP contribution in [0.5, 0.6) is 0 Å². The Bertz CT molecular complexity index is 512. The SMILES string of the molecule is CC(C)c1cccc(Nc2ccnc(Cl)n2)c1. The number of hydrogen-bond acceptors (Lipinski definition) is 3. The third kappa shape index (κ3) is 3.17. The van der Waals surface area contributed by atoms with Crippen LogP contribution in [0.4, 0.5) is 11.5 Å². The third-order valence-corrected chi connectivity index (χ3v) is 2.63. The van der Waals surface area contributed by atoms with Gasteiger partial charge in [-0.3, -0.25) is 0 Å². The van der Waals surface area contributed by atoms with Crippen molar-refractivity contribution in [3.8, 4) is 0 Å². The molecule has 0 bridgehead atoms. The first-order valence-corrected chi connectivity index (χ1v) is 5.88. The van der Waals surface area contributed by atoms with E-state index in [1.165, 1.54) is 5.56 Å². The number of nitrogens with one attached hydrogen (secondary N) is 1. The van der Waals surface area contributed by atoms with Crippen molar-refractivity contribution in [2.45, 2.75) is 19.8 Å². The highest BCUT2D eigenvalue weighted by molar-refractivity contribution is 6.28. The van der Waals surface area contributed by atoms with Crippen molar-refractivity contribution < 1.29 is 0 Å². The van der Waals surface area contributed by atoms with E-state index in [9.17, 15) is 0 Å². The van der Waals surface area contributed by atoms with Gasteiger partial charge in [-0.15, -0.1) is 0 Å². The molecule has 0 aliphatic rings. The molecule has 2 aromatic rings. The van der Waals surface area contributed by atoms with E-state index < -0.39 is 0 Å². The molecule has 0 unspecified atom stereocenters. The zero-order valence-corrected chi connectivity index (χ0v) is 10.6. The molecule has 0 saturated heterocycles. The van der Waals surface area contributed by atoms with Crippen molar-refractivity contribution in [2.24, 2.45) is 0 Å². The highest BCUT2D eigenvalue weighted by Crippen LogP contribution is 2.21. The van der Waals surface area contributed by atoms with Gasteiger partial charge in [-0.05, 0) is 41.3 Å². The first kappa shape index (κ1) is 11.9. The molecule has 0 saturated carbocycles. The molecule has 0 aliphatic heterocycles. The first-order chi connectivity index (χ1) is 8.15. The summed E-state index contributed by atoms with van der Waals surface area (Å²) in [5.41, 5.74) is 2.29. The van der Waals surface area contributed by atoms with Gasteiger partial charge in [0.1, 0.15) is 5.82 Å². The lowest BCUT2D eigenvalue weighted by Crippen LogP contribution is -1.96. The minimum atomic E-state index is 0.245. The summed E-state index contributed by atoms with van der Waals surface area (Å²) in [5.74, 6) is 1.21. The summed E-state index contributed by atoms with van der Waals surface area (Å²) >= 11 is 5.73. The second-order valence-corrected chi connectivity index (χ2v) is 4.45. The molecule has 0 aliphatic carbocycles. The van der Waals surface area contributed by atoms with Gasteiger partial charge in [0.2, 0.25) is 5.28 Å². The van der Waals surface area contributed by atoms with Crippen molar-refractivity contribution >= 4 is 23.1 Å². The van der Waals surface area contributed by atoms with Gasteiger partial charge < -0.3 is 5.32 Å². The van der Waals surface area contributed by atoms with E-state index in [2.05, 4.69) is 41.3 Å². The smallest absolute Gasteiger partial charge is 0.224 e. The number of benzene rings is 1. The summed E-state index contributed by atoms with van der Waals surface area (Å²) in [6, 6.07) is 10.0. The Kier molecular flexibility index (Phi) is 3.59. The molecule has 1 aromatic carbocycles. The third-order valence-electron chi connectivity index (χ3n) is 2.45. The van der Waals surface area contributed by atoms with Crippen LogP contribution in [0.1, 0.15) is 25.3 Å². The predicted molar refractivity (Wildman–Crippen MR) is 70.9 cm³/mol. The predicted octanol–water partition coefficient (Wildman–Crippen LogP) is 4.00. The molecular formula is C13H14ClN3. The Balaban J connectivity index is 2.21. The molecule has 0 amide bonds. The maximum Gasteiger partial charge on any atom is 0.224 e. The average Bonchev–Trinajstić information content (AvgIpc) is 2.29. The van der Waals surface area contributed by atoms with E-state index in [0.29, 0.717) is 11.7 Å². The lowest BCUT2D eigenvalue weighted by atomic mass is 10.0. The number of hydrogen-bond donors (Lipinski definition) is 1. The Morgan fingerprint density at radius 3 is 2.76 bits per heavy atom. The molecule has 1 aromatic heterocycles. The molecule has 0 radical (unpaired) electrons. The van der Waals surface area contributed by atoms with E-state index in [1.807, 2.05) is 12.1 Å². The van der Waals surface area contributed by atoms with Crippen LogP contribution >= 0.6 is 11.6 Å². The fourth-order valence-corrected chi connectivity index (χ4v) is 1.68. The van der Waals surface area contributed by atoms with Crippen molar-refractivity contribution in [3.63, 3.8) is 0 Å². The van der Waals surface area contributed by atoms with Crippen LogP contribution in [0.15, 0.2) is 36.5 Å². The normalized spacial score (nSPS) is 10.6. The minimum absolute atomic E-state index is 0.245. The summed E-state index contributed by atoms with van der Waals surface area (Å²) in [7, 11) is 0. The number of rotatable bonds is 3. The fraction of sp³-hybridized carbons (Fsp3) is 0.231. The van der Waals surface area contributed by atoms with Gasteiger partial charge in [0, 0.05) is 11.9 Å². The number of anilines is 2. The van der Waals surface area contributed by atoms with Crippen LogP contribution in [0.3, 0.4) is 0 Å². The topological polar surface area (TPSA) is 37.8 Å². The van der Waals surface area contributed by atoms with Gasteiger partial charge in [0.05, 0.1) is 0 Å². The van der Waals surface area contributed by atoms with Gasteiger partial charge in [-0.2, -0.15) is 0 Å². The summed E-state index contributed by atoms with van der Waals surface area (Å²) < 4.78 is 0. The van der Waals surface area contributed by atoms with E-state index >= 15 is 0 Å². The molecule has 17 heavy (non-hydrogen) atoms. The van der Waals surface area contributed by atoms with E-state index in [0.717, 1.165) is 5.69 Å². The number of halogens is 1. The molecular weight excluding hydrogens is 234 g/mol. The zero-order chi connectivity index (χ0) is 12.3. The van der Waals surface area contributed by atoms with Crippen LogP contribution in [0.25, 0.3) is 0 Å². The van der Waals surface area contributed by atoms with Gasteiger partial charge in [-0.25, -0.2) is 9.97 Å². The maximum absolute atomic E-state index is 5.73. The van der Waals surface area contributed by atoms with Crippen molar-refractivity contribution in [2.75, 3.05) is 5.32 Å². The van der Waals surface area contributed by atoms with Gasteiger partial charge >= 0.3 is 0 Å². The maximum atomic E-state index is 5.73. The molecule has 4 heteroatoms. The second-order valence-electron chi connectivity index (χ2n) is 4.12. The van der Waals surface area contributed by atoms with Crippen molar-refractivity contribution in [1.29, 1.82) is 0 Å². The minimum Gasteiger partial charge on any atom is -0.340 e. The second kappa shape index (κ2) is 5.15. The molecule has 0 spiro atoms. The van der Waals surface area contributed by atoms with E-state index in [4.69, 9.17) is 11.6 Å². The summed E-state index contributed by atoms with van der Waals surface area (Å²) in [4.78, 5) is 7.93. The zero-order valence-electron chi connectivity index (χ0n) is 9.81. The molecule has 2 rings (SSSR count). The van der Waals surface area contributed by atoms with Crippen LogP contribution in [0, 0.1) is 0 Å². The lowest BCUT2D eigenvalue weighted by molar-refractivity contribution is 0.867. The van der Waals surface area contributed by atoms with Crippen LogP contribution in [-0.4, -0.2) is 9.97 Å². The summed E-state index contributed by atoms with van der Waals surface area (Å²) in [6.07, 6.45) is 1.63. The van der Waals surface area contributed by atoms with Crippen LogP contribution in [0.2, 0.25) is 5.28 Å². The highest BCUT2D eigenvalue weighted by atomic mass is 35.5. The van der Waals surface area contributed by atoms with Gasteiger partial charge in [0.15, 0.2) is 0 Å². The van der Waals surface area contributed by atoms with Gasteiger partial charge in [-0.1, -0.05) is 26.0 Å². The highest BCUT2D eigenvalue weighted by Gasteiger charge is 2.01. The largest absolute Gasteiger partial charge is 0.340 e. The quantitative estimate of drug-likeness (QED) is 0.834. The fourth-order valence-electron chi connectivity index (χ4n) is 1.53. The van der Waals surface area contributed by atoms with Crippen LogP contribution < -0.4 is 5.32 Å². The Morgan fingerprint density at radius 1 is 1.24 bits per heavy atom. The standard InChI is InChI=1S/C13H14ClN3/c1-9(2)10-4-3-5-11(8-10)16-12-6-7-15-13(14)17-12/h3-9H,1-2H3,(H,15,16,17).